The summed E-state index contributed by atoms with van der Waals surface area (Å²) >= 11 is 5.96. The van der Waals surface area contributed by atoms with Gasteiger partial charge in [-0.1, -0.05) is 23.7 Å². The van der Waals surface area contributed by atoms with Crippen molar-refractivity contribution in [2.24, 2.45) is 0 Å². The van der Waals surface area contributed by atoms with E-state index in [4.69, 9.17) is 21.1 Å². The first kappa shape index (κ1) is 16.7. The summed E-state index contributed by atoms with van der Waals surface area (Å²) in [6.45, 7) is 0. The lowest BCUT2D eigenvalue weighted by Gasteiger charge is -2.32. The summed E-state index contributed by atoms with van der Waals surface area (Å²) in [5.74, 6) is -0.211. The van der Waals surface area contributed by atoms with Gasteiger partial charge in [-0.2, -0.15) is 0 Å². The van der Waals surface area contributed by atoms with Gasteiger partial charge in [0.05, 0.1) is 12.8 Å². The first-order valence-corrected chi connectivity index (χ1v) is 8.48. The van der Waals surface area contributed by atoms with Crippen LogP contribution >= 0.6 is 11.6 Å². The molecule has 4 rings (SSSR count). The van der Waals surface area contributed by atoms with E-state index in [1.807, 2.05) is 12.1 Å². The van der Waals surface area contributed by atoms with Crippen molar-refractivity contribution in [1.29, 1.82) is 0 Å². The molecule has 5 nitrogen and oxygen atoms in total. The maximum absolute atomic E-state index is 13.1. The highest BCUT2D eigenvalue weighted by atomic mass is 35.5. The predicted octanol–water partition coefficient (Wildman–Crippen LogP) is 3.55. The van der Waals surface area contributed by atoms with Gasteiger partial charge in [-0.25, -0.2) is 4.79 Å². The topological polar surface area (TPSA) is 55.8 Å². The number of hydrogen-bond donors (Lipinski definition) is 0. The van der Waals surface area contributed by atoms with Gasteiger partial charge < -0.3 is 14.4 Å². The monoisotopic (exact) mass is 369 g/mol. The lowest BCUT2D eigenvalue weighted by atomic mass is 9.83. The van der Waals surface area contributed by atoms with Crippen molar-refractivity contribution in [2.75, 3.05) is 19.1 Å². The van der Waals surface area contributed by atoms with E-state index < -0.39 is 11.6 Å². The fourth-order valence-corrected chi connectivity index (χ4v) is 3.70. The highest BCUT2D eigenvalue weighted by Crippen LogP contribution is 2.50. The Labute approximate surface area is 155 Å². The molecule has 0 aliphatic carbocycles. The second-order valence-electron chi connectivity index (χ2n) is 6.35. The molecular formula is C20H16ClNO4. The van der Waals surface area contributed by atoms with Crippen LogP contribution in [0.15, 0.2) is 48.5 Å². The van der Waals surface area contributed by atoms with Gasteiger partial charge in [-0.05, 0) is 41.5 Å². The number of esters is 1. The predicted molar refractivity (Wildman–Crippen MR) is 98.2 cm³/mol. The summed E-state index contributed by atoms with van der Waals surface area (Å²) in [5.41, 5.74) is 1.53. The first-order valence-electron chi connectivity index (χ1n) is 8.11. The Morgan fingerprint density at radius 3 is 2.58 bits per heavy atom. The number of methoxy groups -OCH3 is 1. The van der Waals surface area contributed by atoms with Crippen molar-refractivity contribution >= 4 is 34.7 Å². The molecule has 6 heteroatoms. The molecule has 132 valence electrons. The van der Waals surface area contributed by atoms with Crippen LogP contribution in [0.25, 0.3) is 5.57 Å². The summed E-state index contributed by atoms with van der Waals surface area (Å²) in [7, 11) is 3.23. The third-order valence-corrected chi connectivity index (χ3v) is 5.12. The average molecular weight is 370 g/mol. The number of hydrogen-bond acceptors (Lipinski definition) is 4. The molecular weight excluding hydrogens is 354 g/mol. The summed E-state index contributed by atoms with van der Waals surface area (Å²) in [6, 6.07) is 12.5. The SMILES string of the molecule is COc1ccc2c(c1)[C@@]1(CC(c3ccc(Cl)cc3)=CC(=O)O1)C(=O)N2C. The maximum atomic E-state index is 13.1. The largest absolute Gasteiger partial charge is 0.497 e. The quantitative estimate of drug-likeness (QED) is 0.760. The second kappa shape index (κ2) is 5.88. The van der Waals surface area contributed by atoms with E-state index in [1.165, 1.54) is 11.0 Å². The van der Waals surface area contributed by atoms with Crippen molar-refractivity contribution in [1.82, 2.24) is 0 Å². The molecule has 2 heterocycles. The van der Waals surface area contributed by atoms with Gasteiger partial charge in [0.25, 0.3) is 5.91 Å². The Morgan fingerprint density at radius 2 is 1.88 bits per heavy atom. The van der Waals surface area contributed by atoms with E-state index in [0.29, 0.717) is 22.0 Å². The molecule has 1 atom stereocenters. The molecule has 1 amide bonds. The summed E-state index contributed by atoms with van der Waals surface area (Å²) in [6.07, 6.45) is 1.68. The summed E-state index contributed by atoms with van der Waals surface area (Å²) < 4.78 is 10.9. The van der Waals surface area contributed by atoms with E-state index in [9.17, 15) is 9.59 Å². The molecule has 26 heavy (non-hydrogen) atoms. The van der Waals surface area contributed by atoms with Crippen LogP contribution < -0.4 is 9.64 Å². The maximum Gasteiger partial charge on any atom is 0.332 e. The number of carbonyl (C=O) groups excluding carboxylic acids is 2. The third kappa shape index (κ3) is 2.39. The second-order valence-corrected chi connectivity index (χ2v) is 6.79. The number of halogens is 1. The molecule has 0 bridgehead atoms. The number of rotatable bonds is 2. The van der Waals surface area contributed by atoms with Gasteiger partial charge in [-0.3, -0.25) is 4.79 Å². The summed E-state index contributed by atoms with van der Waals surface area (Å²) in [4.78, 5) is 27.0. The molecule has 2 aromatic carbocycles. The Balaban J connectivity index is 1.84. The van der Waals surface area contributed by atoms with E-state index >= 15 is 0 Å². The van der Waals surface area contributed by atoms with Crippen molar-refractivity contribution < 1.29 is 19.1 Å². The highest BCUT2D eigenvalue weighted by molar-refractivity contribution is 6.30. The smallest absolute Gasteiger partial charge is 0.332 e. The first-order chi connectivity index (χ1) is 12.4. The number of anilines is 1. The van der Waals surface area contributed by atoms with Crippen LogP contribution in [0.4, 0.5) is 5.69 Å². The molecule has 0 N–H and O–H groups in total. The minimum atomic E-state index is -1.38. The van der Waals surface area contributed by atoms with Gasteiger partial charge in [0, 0.05) is 30.1 Å². The van der Waals surface area contributed by atoms with Crippen LogP contribution in [0.1, 0.15) is 17.5 Å². The van der Waals surface area contributed by atoms with E-state index in [-0.39, 0.29) is 12.3 Å². The van der Waals surface area contributed by atoms with Gasteiger partial charge in [0.2, 0.25) is 5.60 Å². The van der Waals surface area contributed by atoms with E-state index in [2.05, 4.69) is 0 Å². The number of fused-ring (bicyclic) bond motifs is 2. The molecule has 0 saturated heterocycles. The van der Waals surface area contributed by atoms with Crippen molar-refractivity contribution in [2.45, 2.75) is 12.0 Å². The van der Waals surface area contributed by atoms with Crippen LogP contribution in [0, 0.1) is 0 Å². The van der Waals surface area contributed by atoms with Crippen molar-refractivity contribution in [3.63, 3.8) is 0 Å². The minimum absolute atomic E-state index is 0.254. The van der Waals surface area contributed by atoms with Gasteiger partial charge in [0.1, 0.15) is 5.75 Å². The van der Waals surface area contributed by atoms with Gasteiger partial charge in [-0.15, -0.1) is 0 Å². The molecule has 2 aliphatic rings. The third-order valence-electron chi connectivity index (χ3n) is 4.87. The zero-order valence-electron chi connectivity index (χ0n) is 14.3. The lowest BCUT2D eigenvalue weighted by Crippen LogP contribution is -2.44. The number of nitrogens with zero attached hydrogens (tertiary/aromatic N) is 1. The fourth-order valence-electron chi connectivity index (χ4n) is 3.57. The highest BCUT2D eigenvalue weighted by Gasteiger charge is 2.55. The number of likely N-dealkylation sites (N-methyl/N-ethyl adjacent to an activating group) is 1. The number of amides is 1. The zero-order valence-corrected chi connectivity index (χ0v) is 15.0. The molecule has 0 aromatic heterocycles. The van der Waals surface area contributed by atoms with Crippen LogP contribution in [0.2, 0.25) is 5.02 Å². The average Bonchev–Trinajstić information content (AvgIpc) is 2.83. The van der Waals surface area contributed by atoms with Crippen LogP contribution in [0.5, 0.6) is 5.75 Å². The Morgan fingerprint density at radius 1 is 1.15 bits per heavy atom. The van der Waals surface area contributed by atoms with Crippen molar-refractivity contribution in [3.8, 4) is 5.75 Å². The Bertz CT molecular complexity index is 951. The van der Waals surface area contributed by atoms with Crippen LogP contribution in [-0.2, 0) is 19.9 Å². The fraction of sp³-hybridized carbons (Fsp3) is 0.200. The number of ether oxygens (including phenoxy) is 2. The van der Waals surface area contributed by atoms with E-state index in [0.717, 1.165) is 11.1 Å². The molecule has 0 saturated carbocycles. The summed E-state index contributed by atoms with van der Waals surface area (Å²) in [5, 5.41) is 0.606. The Hall–Kier alpha value is -2.79. The van der Waals surface area contributed by atoms with Crippen LogP contribution in [-0.4, -0.2) is 26.0 Å². The normalized spacial score (nSPS) is 21.5. The number of carbonyl (C=O) groups is 2. The minimum Gasteiger partial charge on any atom is -0.497 e. The molecule has 2 aliphatic heterocycles. The zero-order chi connectivity index (χ0) is 18.5. The van der Waals surface area contributed by atoms with Crippen molar-refractivity contribution in [3.05, 3.63) is 64.7 Å². The van der Waals surface area contributed by atoms with E-state index in [1.54, 1.807) is 44.5 Å². The number of benzene rings is 2. The lowest BCUT2D eigenvalue weighted by molar-refractivity contribution is -0.163. The standard InChI is InChI=1S/C20H16ClNO4/c1-22-17-8-7-15(25-2)10-16(17)20(19(22)24)11-13(9-18(23)26-20)12-3-5-14(21)6-4-12/h3-10H,11H2,1-2H3/t20-/m0/s1. The molecule has 1 spiro atoms. The van der Waals surface area contributed by atoms with Gasteiger partial charge in [0.15, 0.2) is 0 Å². The van der Waals surface area contributed by atoms with Crippen LogP contribution in [0.3, 0.4) is 0 Å². The molecule has 0 unspecified atom stereocenters. The van der Waals surface area contributed by atoms with Gasteiger partial charge >= 0.3 is 5.97 Å². The molecule has 2 aromatic rings. The molecule has 0 fully saturated rings. The Kier molecular flexibility index (Phi) is 3.77. The molecule has 0 radical (unpaired) electrons.